The number of hydrogen-bond acceptors (Lipinski definition) is 10. The number of nitrogens with one attached hydrogen (secondary N) is 2. The number of pyridine rings is 1. The van der Waals surface area contributed by atoms with Gasteiger partial charge in [-0.15, -0.1) is 0 Å². The molecule has 1 aliphatic rings. The SMILES string of the molecule is CC1(C(=O)OC(N)=O)COC(c2nc(-c3ccc(F)cc3)c(-c3ccnc(Nc4cccnc4)n3)[nH]2)OC1. The normalized spacial score (nSPS) is 19.1. The van der Waals surface area contributed by atoms with Crippen molar-refractivity contribution in [1.82, 2.24) is 24.9 Å². The van der Waals surface area contributed by atoms with Crippen molar-refractivity contribution in [2.24, 2.45) is 11.1 Å². The molecule has 0 radical (unpaired) electrons. The first kappa shape index (κ1) is 24.9. The maximum atomic E-state index is 13.6. The van der Waals surface area contributed by atoms with Gasteiger partial charge in [0.15, 0.2) is 5.82 Å². The van der Waals surface area contributed by atoms with E-state index in [4.69, 9.17) is 15.2 Å². The third kappa shape index (κ3) is 5.33. The molecule has 1 amide bonds. The van der Waals surface area contributed by atoms with Gasteiger partial charge in [-0.3, -0.25) is 9.78 Å². The number of rotatable bonds is 6. The van der Waals surface area contributed by atoms with E-state index in [-0.39, 0.29) is 13.2 Å². The number of anilines is 2. The molecule has 0 spiro atoms. The van der Waals surface area contributed by atoms with Crippen LogP contribution in [0.15, 0.2) is 61.1 Å². The number of carbonyl (C=O) groups excluding carboxylic acids is 2. The molecule has 3 aromatic heterocycles. The topological polar surface area (TPSA) is 167 Å². The molecule has 1 aromatic carbocycles. The molecule has 0 atom stereocenters. The summed E-state index contributed by atoms with van der Waals surface area (Å²) in [5, 5.41) is 3.09. The van der Waals surface area contributed by atoms with E-state index in [2.05, 4.69) is 35.0 Å². The molecule has 5 rings (SSSR count). The molecule has 194 valence electrons. The van der Waals surface area contributed by atoms with E-state index in [1.165, 1.54) is 19.1 Å². The predicted molar refractivity (Wildman–Crippen MR) is 131 cm³/mol. The van der Waals surface area contributed by atoms with Gasteiger partial charge in [0.25, 0.3) is 0 Å². The summed E-state index contributed by atoms with van der Waals surface area (Å²) in [7, 11) is 0. The lowest BCUT2D eigenvalue weighted by Gasteiger charge is -2.34. The summed E-state index contributed by atoms with van der Waals surface area (Å²) in [5.41, 5.74) is 6.52. The summed E-state index contributed by atoms with van der Waals surface area (Å²) in [6.45, 7) is 1.31. The fraction of sp³-hybridized carbons (Fsp3) is 0.200. The van der Waals surface area contributed by atoms with E-state index >= 15 is 0 Å². The second-order valence-electron chi connectivity index (χ2n) is 8.71. The first-order valence-electron chi connectivity index (χ1n) is 11.4. The van der Waals surface area contributed by atoms with Crippen LogP contribution in [0.25, 0.3) is 22.6 Å². The van der Waals surface area contributed by atoms with Crippen LogP contribution in [0.1, 0.15) is 19.0 Å². The van der Waals surface area contributed by atoms with Crippen LogP contribution in [-0.4, -0.2) is 50.2 Å². The Morgan fingerprint density at radius 3 is 2.58 bits per heavy atom. The highest BCUT2D eigenvalue weighted by Gasteiger charge is 2.43. The van der Waals surface area contributed by atoms with Crippen LogP contribution < -0.4 is 11.1 Å². The van der Waals surface area contributed by atoms with E-state index < -0.39 is 29.6 Å². The van der Waals surface area contributed by atoms with Crippen LogP contribution in [0.2, 0.25) is 0 Å². The number of benzene rings is 1. The number of nitrogens with two attached hydrogens (primary N) is 1. The highest BCUT2D eigenvalue weighted by molar-refractivity contribution is 5.87. The van der Waals surface area contributed by atoms with Crippen LogP contribution >= 0.6 is 0 Å². The number of imidazole rings is 1. The molecule has 1 saturated heterocycles. The average molecular weight is 519 g/mol. The van der Waals surface area contributed by atoms with E-state index in [9.17, 15) is 14.0 Å². The molecule has 38 heavy (non-hydrogen) atoms. The summed E-state index contributed by atoms with van der Waals surface area (Å²) < 4.78 is 29.7. The fourth-order valence-corrected chi connectivity index (χ4v) is 3.73. The summed E-state index contributed by atoms with van der Waals surface area (Å²) in [6, 6.07) is 11.1. The Labute approximate surface area is 215 Å². The molecular formula is C25H22FN7O5. The maximum absolute atomic E-state index is 13.6. The zero-order chi connectivity index (χ0) is 26.7. The number of carbonyl (C=O) groups is 2. The van der Waals surface area contributed by atoms with Gasteiger partial charge in [-0.05, 0) is 49.4 Å². The molecule has 12 nitrogen and oxygen atoms in total. The minimum absolute atomic E-state index is 0.113. The predicted octanol–water partition coefficient (Wildman–Crippen LogP) is 3.49. The molecule has 13 heteroatoms. The monoisotopic (exact) mass is 519 g/mol. The van der Waals surface area contributed by atoms with Crippen molar-refractivity contribution in [1.29, 1.82) is 0 Å². The lowest BCUT2D eigenvalue weighted by Crippen LogP contribution is -2.45. The smallest absolute Gasteiger partial charge is 0.376 e. The van der Waals surface area contributed by atoms with E-state index in [1.54, 1.807) is 42.9 Å². The highest BCUT2D eigenvalue weighted by atomic mass is 19.1. The number of ether oxygens (including phenoxy) is 3. The Bertz CT molecular complexity index is 1450. The van der Waals surface area contributed by atoms with Crippen molar-refractivity contribution in [3.05, 3.63) is 72.7 Å². The van der Waals surface area contributed by atoms with Gasteiger partial charge in [-0.25, -0.2) is 24.1 Å². The molecule has 4 aromatic rings. The van der Waals surface area contributed by atoms with E-state index in [0.29, 0.717) is 40.1 Å². The number of primary amides is 1. The van der Waals surface area contributed by atoms with Gasteiger partial charge in [0, 0.05) is 18.0 Å². The van der Waals surface area contributed by atoms with Gasteiger partial charge in [-0.2, -0.15) is 0 Å². The number of nitrogens with zero attached hydrogens (tertiary/aromatic N) is 4. The van der Waals surface area contributed by atoms with Crippen molar-refractivity contribution in [2.75, 3.05) is 18.5 Å². The third-order valence-corrected chi connectivity index (χ3v) is 5.69. The van der Waals surface area contributed by atoms with Gasteiger partial charge in [0.05, 0.1) is 42.2 Å². The van der Waals surface area contributed by atoms with Gasteiger partial charge < -0.3 is 30.2 Å². The Balaban J connectivity index is 1.45. The molecular weight excluding hydrogens is 497 g/mol. The molecule has 0 unspecified atom stereocenters. The van der Waals surface area contributed by atoms with Crippen LogP contribution in [0.4, 0.5) is 20.8 Å². The zero-order valence-electron chi connectivity index (χ0n) is 20.1. The summed E-state index contributed by atoms with van der Waals surface area (Å²) >= 11 is 0. The molecule has 4 N–H and O–H groups in total. The second-order valence-corrected chi connectivity index (χ2v) is 8.71. The third-order valence-electron chi connectivity index (χ3n) is 5.69. The lowest BCUT2D eigenvalue weighted by molar-refractivity contribution is -0.236. The molecule has 1 aliphatic heterocycles. The molecule has 0 saturated carbocycles. The van der Waals surface area contributed by atoms with Crippen molar-refractivity contribution in [3.63, 3.8) is 0 Å². The summed E-state index contributed by atoms with van der Waals surface area (Å²) in [4.78, 5) is 44.0. The fourth-order valence-electron chi connectivity index (χ4n) is 3.73. The summed E-state index contributed by atoms with van der Waals surface area (Å²) in [6.07, 6.45) is 2.70. The second kappa shape index (κ2) is 10.3. The number of H-pyrrole nitrogens is 1. The first-order valence-corrected chi connectivity index (χ1v) is 11.4. The Morgan fingerprint density at radius 1 is 1.13 bits per heavy atom. The Morgan fingerprint density at radius 2 is 1.89 bits per heavy atom. The van der Waals surface area contributed by atoms with Gasteiger partial charge in [0.2, 0.25) is 12.2 Å². The Hall–Kier alpha value is -4.75. The number of halogens is 1. The number of amides is 1. The van der Waals surface area contributed by atoms with Crippen molar-refractivity contribution in [2.45, 2.75) is 13.2 Å². The minimum Gasteiger partial charge on any atom is -0.376 e. The van der Waals surface area contributed by atoms with Crippen LogP contribution in [-0.2, 0) is 19.0 Å². The number of esters is 1. The highest BCUT2D eigenvalue weighted by Crippen LogP contribution is 2.36. The first-order chi connectivity index (χ1) is 18.3. The van der Waals surface area contributed by atoms with Crippen molar-refractivity contribution in [3.8, 4) is 22.6 Å². The molecule has 1 fully saturated rings. The number of hydrogen-bond donors (Lipinski definition) is 3. The van der Waals surface area contributed by atoms with E-state index in [0.717, 1.165) is 0 Å². The Kier molecular flexibility index (Phi) is 6.77. The van der Waals surface area contributed by atoms with E-state index in [1.807, 2.05) is 6.07 Å². The molecule has 4 heterocycles. The van der Waals surface area contributed by atoms with Crippen LogP contribution in [0, 0.1) is 11.2 Å². The lowest BCUT2D eigenvalue weighted by atomic mass is 9.92. The van der Waals surface area contributed by atoms with Crippen molar-refractivity contribution >= 4 is 23.7 Å². The quantitative estimate of drug-likeness (QED) is 0.253. The molecule has 0 bridgehead atoms. The largest absolute Gasteiger partial charge is 0.412 e. The van der Waals surface area contributed by atoms with Gasteiger partial charge in [0.1, 0.15) is 11.2 Å². The van der Waals surface area contributed by atoms with Gasteiger partial charge in [-0.1, -0.05) is 0 Å². The van der Waals surface area contributed by atoms with Crippen LogP contribution in [0.5, 0.6) is 0 Å². The van der Waals surface area contributed by atoms with Crippen LogP contribution in [0.3, 0.4) is 0 Å². The zero-order valence-corrected chi connectivity index (χ0v) is 20.1. The summed E-state index contributed by atoms with van der Waals surface area (Å²) in [5.74, 6) is -0.627. The molecule has 0 aliphatic carbocycles. The standard InChI is InChI=1S/C25H22FN7O5/c1-25(22(34)38-23(27)35)12-36-21(37-13-25)20-32-18(14-4-6-15(26)7-5-14)19(33-20)17-8-10-29-24(31-17)30-16-3-2-9-28-11-16/h2-11,21H,12-13H2,1H3,(H2,27,35)(H,32,33)(H,29,30,31). The average Bonchev–Trinajstić information content (AvgIpc) is 3.35. The number of aromatic amines is 1. The van der Waals surface area contributed by atoms with Crippen molar-refractivity contribution < 1.29 is 28.2 Å². The van der Waals surface area contributed by atoms with Gasteiger partial charge >= 0.3 is 12.1 Å². The maximum Gasteiger partial charge on any atom is 0.412 e. The number of aromatic nitrogens is 5. The minimum atomic E-state index is -1.24.